The van der Waals surface area contributed by atoms with Crippen LogP contribution in [-0.4, -0.2) is 21.3 Å². The van der Waals surface area contributed by atoms with Gasteiger partial charge < -0.3 is 0 Å². The Morgan fingerprint density at radius 2 is 2.29 bits per heavy atom. The van der Waals surface area contributed by atoms with Crippen molar-refractivity contribution < 1.29 is 9.18 Å². The highest BCUT2D eigenvalue weighted by Crippen LogP contribution is 2.23. The molecule has 2 aromatic rings. The summed E-state index contributed by atoms with van der Waals surface area (Å²) in [5.41, 5.74) is 1.62. The highest BCUT2D eigenvalue weighted by molar-refractivity contribution is 5.86. The second-order valence-corrected chi connectivity index (χ2v) is 3.69. The number of halogens is 1. The van der Waals surface area contributed by atoms with E-state index in [1.807, 2.05) is 6.92 Å². The van der Waals surface area contributed by atoms with Crippen LogP contribution in [0.4, 0.5) is 4.39 Å². The second kappa shape index (κ2) is 4.86. The summed E-state index contributed by atoms with van der Waals surface area (Å²) < 4.78 is 14.9. The van der Waals surface area contributed by atoms with Gasteiger partial charge in [-0.15, -0.1) is 5.10 Å². The lowest BCUT2D eigenvalue weighted by molar-refractivity contribution is 0.112. The van der Waals surface area contributed by atoms with Crippen molar-refractivity contribution in [2.24, 2.45) is 0 Å². The molecule has 1 heterocycles. The number of hydrogen-bond donors (Lipinski definition) is 0. The quantitative estimate of drug-likeness (QED) is 0.761. The number of benzene rings is 1. The summed E-state index contributed by atoms with van der Waals surface area (Å²) in [5, 5.41) is 7.71. The lowest BCUT2D eigenvalue weighted by Crippen LogP contribution is -2.03. The number of aryl methyl sites for hydroxylation is 1. The van der Waals surface area contributed by atoms with Gasteiger partial charge in [-0.25, -0.2) is 9.07 Å². The molecule has 0 saturated heterocycles. The summed E-state index contributed by atoms with van der Waals surface area (Å²) >= 11 is 0. The summed E-state index contributed by atoms with van der Waals surface area (Å²) in [6, 6.07) is 4.05. The SMILES string of the molecule is CCCn1nncc1-c1cc(F)ccc1C=O. The number of aromatic nitrogens is 3. The van der Waals surface area contributed by atoms with Crippen molar-refractivity contribution in [2.45, 2.75) is 19.9 Å². The maximum Gasteiger partial charge on any atom is 0.150 e. The first-order chi connectivity index (χ1) is 8.26. The molecule has 0 unspecified atom stereocenters. The van der Waals surface area contributed by atoms with Crippen molar-refractivity contribution >= 4 is 6.29 Å². The van der Waals surface area contributed by atoms with Gasteiger partial charge in [0.15, 0.2) is 6.29 Å². The van der Waals surface area contributed by atoms with Crippen molar-refractivity contribution in [3.63, 3.8) is 0 Å². The maximum atomic E-state index is 13.2. The number of nitrogens with zero attached hydrogens (tertiary/aromatic N) is 3. The van der Waals surface area contributed by atoms with E-state index in [9.17, 15) is 9.18 Å². The zero-order valence-corrected chi connectivity index (χ0v) is 9.43. The Morgan fingerprint density at radius 3 is 3.00 bits per heavy atom. The third-order valence-electron chi connectivity index (χ3n) is 2.47. The van der Waals surface area contributed by atoms with E-state index >= 15 is 0 Å². The average Bonchev–Trinajstić information content (AvgIpc) is 2.77. The van der Waals surface area contributed by atoms with Gasteiger partial charge in [-0.1, -0.05) is 12.1 Å². The lowest BCUT2D eigenvalue weighted by Gasteiger charge is -2.07. The van der Waals surface area contributed by atoms with Crippen LogP contribution in [0.1, 0.15) is 23.7 Å². The lowest BCUT2D eigenvalue weighted by atomic mass is 10.1. The van der Waals surface area contributed by atoms with Crippen LogP contribution < -0.4 is 0 Å². The van der Waals surface area contributed by atoms with Gasteiger partial charge in [-0.3, -0.25) is 4.79 Å². The summed E-state index contributed by atoms with van der Waals surface area (Å²) in [4.78, 5) is 10.9. The highest BCUT2D eigenvalue weighted by Gasteiger charge is 2.11. The molecule has 0 N–H and O–H groups in total. The predicted molar refractivity (Wildman–Crippen MR) is 61.1 cm³/mol. The molecule has 4 nitrogen and oxygen atoms in total. The normalized spacial score (nSPS) is 10.5. The molecule has 0 amide bonds. The minimum atomic E-state index is -0.380. The van der Waals surface area contributed by atoms with Crippen LogP contribution in [0.2, 0.25) is 0 Å². The van der Waals surface area contributed by atoms with Gasteiger partial charge in [0.2, 0.25) is 0 Å². The summed E-state index contributed by atoms with van der Waals surface area (Å²) in [6.45, 7) is 2.70. The van der Waals surface area contributed by atoms with E-state index in [4.69, 9.17) is 0 Å². The Morgan fingerprint density at radius 1 is 1.47 bits per heavy atom. The van der Waals surface area contributed by atoms with Crippen molar-refractivity contribution in [1.82, 2.24) is 15.0 Å². The molecule has 1 aromatic carbocycles. The molecule has 0 aliphatic heterocycles. The van der Waals surface area contributed by atoms with Crippen molar-refractivity contribution in [3.8, 4) is 11.3 Å². The van der Waals surface area contributed by atoms with E-state index in [0.29, 0.717) is 29.7 Å². The third-order valence-corrected chi connectivity index (χ3v) is 2.47. The van der Waals surface area contributed by atoms with Gasteiger partial charge in [-0.2, -0.15) is 0 Å². The summed E-state index contributed by atoms with van der Waals surface area (Å²) in [5.74, 6) is -0.380. The van der Waals surface area contributed by atoms with Crippen LogP contribution in [0.15, 0.2) is 24.4 Å². The number of aldehydes is 1. The van der Waals surface area contributed by atoms with E-state index < -0.39 is 0 Å². The largest absolute Gasteiger partial charge is 0.298 e. The fraction of sp³-hybridized carbons (Fsp3) is 0.250. The fourth-order valence-electron chi connectivity index (χ4n) is 1.70. The van der Waals surface area contributed by atoms with E-state index in [-0.39, 0.29) is 5.82 Å². The Balaban J connectivity index is 2.54. The van der Waals surface area contributed by atoms with Crippen molar-refractivity contribution in [1.29, 1.82) is 0 Å². The standard InChI is InChI=1S/C12H12FN3O/c1-2-5-16-12(7-14-15-16)11-6-10(13)4-3-9(11)8-17/h3-4,6-8H,2,5H2,1H3. The molecule has 0 saturated carbocycles. The van der Waals surface area contributed by atoms with Crippen LogP contribution in [0.5, 0.6) is 0 Å². The van der Waals surface area contributed by atoms with Crippen LogP contribution in [0.25, 0.3) is 11.3 Å². The first-order valence-corrected chi connectivity index (χ1v) is 5.40. The Kier molecular flexibility index (Phi) is 3.27. The molecule has 0 aliphatic carbocycles. The molecule has 0 fully saturated rings. The first-order valence-electron chi connectivity index (χ1n) is 5.40. The topological polar surface area (TPSA) is 47.8 Å². The van der Waals surface area contributed by atoms with E-state index in [1.54, 1.807) is 4.68 Å². The Labute approximate surface area is 98.1 Å². The van der Waals surface area contributed by atoms with Crippen LogP contribution in [0, 0.1) is 5.82 Å². The smallest absolute Gasteiger partial charge is 0.150 e. The highest BCUT2D eigenvalue weighted by atomic mass is 19.1. The fourth-order valence-corrected chi connectivity index (χ4v) is 1.70. The zero-order chi connectivity index (χ0) is 12.3. The van der Waals surface area contributed by atoms with E-state index in [1.165, 1.54) is 24.4 Å². The molecule has 17 heavy (non-hydrogen) atoms. The molecule has 0 radical (unpaired) electrons. The summed E-state index contributed by atoms with van der Waals surface area (Å²) in [6.07, 6.45) is 3.14. The monoisotopic (exact) mass is 233 g/mol. The molecule has 0 atom stereocenters. The number of rotatable bonds is 4. The molecule has 88 valence electrons. The number of hydrogen-bond acceptors (Lipinski definition) is 3. The Bertz CT molecular complexity index is 536. The van der Waals surface area contributed by atoms with Gasteiger partial charge in [0.25, 0.3) is 0 Å². The van der Waals surface area contributed by atoms with E-state index in [2.05, 4.69) is 10.3 Å². The Hall–Kier alpha value is -2.04. The first kappa shape index (κ1) is 11.4. The number of carbonyl (C=O) groups is 1. The molecule has 1 aromatic heterocycles. The average molecular weight is 233 g/mol. The van der Waals surface area contributed by atoms with Gasteiger partial charge in [0.1, 0.15) is 5.82 Å². The van der Waals surface area contributed by atoms with E-state index in [0.717, 1.165) is 6.42 Å². The third kappa shape index (κ3) is 2.22. The molecule has 5 heteroatoms. The molecule has 2 rings (SSSR count). The van der Waals surface area contributed by atoms with Gasteiger partial charge >= 0.3 is 0 Å². The molecular formula is C12H12FN3O. The van der Waals surface area contributed by atoms with Crippen molar-refractivity contribution in [3.05, 3.63) is 35.8 Å². The van der Waals surface area contributed by atoms with Crippen LogP contribution in [0.3, 0.4) is 0 Å². The van der Waals surface area contributed by atoms with Crippen LogP contribution in [-0.2, 0) is 6.54 Å². The zero-order valence-electron chi connectivity index (χ0n) is 9.43. The van der Waals surface area contributed by atoms with Gasteiger partial charge in [0, 0.05) is 17.7 Å². The predicted octanol–water partition coefficient (Wildman–Crippen LogP) is 2.31. The minimum Gasteiger partial charge on any atom is -0.298 e. The van der Waals surface area contributed by atoms with Gasteiger partial charge in [-0.05, 0) is 24.6 Å². The summed E-state index contributed by atoms with van der Waals surface area (Å²) in [7, 11) is 0. The van der Waals surface area contributed by atoms with Crippen LogP contribution >= 0.6 is 0 Å². The molecule has 0 aliphatic rings. The number of carbonyl (C=O) groups excluding carboxylic acids is 1. The molecule has 0 bridgehead atoms. The van der Waals surface area contributed by atoms with Gasteiger partial charge in [0.05, 0.1) is 11.9 Å². The van der Waals surface area contributed by atoms with Crippen molar-refractivity contribution in [2.75, 3.05) is 0 Å². The molecular weight excluding hydrogens is 221 g/mol. The second-order valence-electron chi connectivity index (χ2n) is 3.69. The molecule has 0 spiro atoms. The minimum absolute atomic E-state index is 0.380. The maximum absolute atomic E-state index is 13.2.